The lowest BCUT2D eigenvalue weighted by molar-refractivity contribution is -0.117. The van der Waals surface area contributed by atoms with Crippen molar-refractivity contribution < 1.29 is 4.79 Å². The van der Waals surface area contributed by atoms with Crippen molar-refractivity contribution in [3.05, 3.63) is 65.8 Å². The number of aromatic nitrogens is 2. The molecule has 0 fully saturated rings. The fraction of sp³-hybridized carbons (Fsp3) is 0.167. The number of amides is 1. The van der Waals surface area contributed by atoms with Crippen molar-refractivity contribution in [3.63, 3.8) is 0 Å². The van der Waals surface area contributed by atoms with E-state index in [9.17, 15) is 4.79 Å². The third-order valence-corrected chi connectivity index (χ3v) is 4.39. The van der Waals surface area contributed by atoms with Gasteiger partial charge in [0.05, 0.1) is 11.6 Å². The Morgan fingerprint density at radius 2 is 1.91 bits per heavy atom. The average molecular weight is 323 g/mol. The Balaban J connectivity index is 1.74. The van der Waals surface area contributed by atoms with E-state index in [0.29, 0.717) is 5.13 Å². The third kappa shape index (κ3) is 3.63. The van der Waals surface area contributed by atoms with Gasteiger partial charge in [-0.2, -0.15) is 0 Å². The second-order valence-electron chi connectivity index (χ2n) is 5.13. The first-order valence-electron chi connectivity index (χ1n) is 7.49. The maximum Gasteiger partial charge on any atom is 0.233 e. The first-order chi connectivity index (χ1) is 11.3. The van der Waals surface area contributed by atoms with Crippen LogP contribution < -0.4 is 5.32 Å². The fourth-order valence-corrected chi connectivity index (χ4v) is 3.16. The molecule has 0 aliphatic carbocycles. The Hall–Kier alpha value is -2.53. The number of nitrogens with one attached hydrogen (secondary N) is 1. The van der Waals surface area contributed by atoms with Gasteiger partial charge in [-0.1, -0.05) is 37.3 Å². The van der Waals surface area contributed by atoms with Gasteiger partial charge in [0.15, 0.2) is 5.13 Å². The molecule has 116 valence electrons. The molecule has 0 aliphatic rings. The maximum atomic E-state index is 12.5. The first-order valence-corrected chi connectivity index (χ1v) is 8.37. The predicted molar refractivity (Wildman–Crippen MR) is 93.4 cm³/mol. The summed E-state index contributed by atoms with van der Waals surface area (Å²) in [6, 6.07) is 13.6. The van der Waals surface area contributed by atoms with E-state index in [0.717, 1.165) is 23.2 Å². The van der Waals surface area contributed by atoms with Crippen LogP contribution in [-0.2, 0) is 4.79 Å². The summed E-state index contributed by atoms with van der Waals surface area (Å²) in [6.07, 6.45) is 4.21. The number of hydrogen-bond acceptors (Lipinski definition) is 4. The molecule has 2 aromatic heterocycles. The van der Waals surface area contributed by atoms with Gasteiger partial charge in [0, 0.05) is 23.3 Å². The average Bonchev–Trinajstić information content (AvgIpc) is 3.06. The number of carbonyl (C=O) groups excluding carboxylic acids is 1. The fourth-order valence-electron chi connectivity index (χ4n) is 2.44. The first kappa shape index (κ1) is 15.4. The molecule has 4 nitrogen and oxygen atoms in total. The summed E-state index contributed by atoms with van der Waals surface area (Å²) in [5, 5.41) is 5.49. The van der Waals surface area contributed by atoms with Crippen LogP contribution in [0.2, 0.25) is 0 Å². The molecule has 1 aromatic carbocycles. The van der Waals surface area contributed by atoms with Crippen molar-refractivity contribution >= 4 is 22.4 Å². The van der Waals surface area contributed by atoms with Crippen molar-refractivity contribution in [3.8, 4) is 11.3 Å². The Labute approximate surface area is 139 Å². The quantitative estimate of drug-likeness (QED) is 0.760. The largest absolute Gasteiger partial charge is 0.301 e. The van der Waals surface area contributed by atoms with E-state index in [-0.39, 0.29) is 11.8 Å². The lowest BCUT2D eigenvalue weighted by Crippen LogP contribution is -2.20. The zero-order valence-corrected chi connectivity index (χ0v) is 13.6. The molecule has 3 aromatic rings. The van der Waals surface area contributed by atoms with Crippen LogP contribution in [0.3, 0.4) is 0 Å². The molecule has 1 N–H and O–H groups in total. The van der Waals surface area contributed by atoms with Gasteiger partial charge in [0.1, 0.15) is 0 Å². The van der Waals surface area contributed by atoms with E-state index in [1.807, 2.05) is 54.8 Å². The van der Waals surface area contributed by atoms with E-state index >= 15 is 0 Å². The lowest BCUT2D eigenvalue weighted by Gasteiger charge is -2.14. The zero-order chi connectivity index (χ0) is 16.1. The Morgan fingerprint density at radius 3 is 2.61 bits per heavy atom. The van der Waals surface area contributed by atoms with Gasteiger partial charge in [0.25, 0.3) is 0 Å². The second kappa shape index (κ2) is 7.15. The number of benzene rings is 1. The maximum absolute atomic E-state index is 12.5. The lowest BCUT2D eigenvalue weighted by atomic mass is 9.96. The van der Waals surface area contributed by atoms with E-state index in [4.69, 9.17) is 0 Å². The van der Waals surface area contributed by atoms with Crippen molar-refractivity contribution in [1.82, 2.24) is 9.97 Å². The van der Waals surface area contributed by atoms with E-state index in [1.54, 1.807) is 12.4 Å². The molecule has 1 unspecified atom stereocenters. The number of hydrogen-bond donors (Lipinski definition) is 1. The standard InChI is InChI=1S/C18H17N3OS/c1-2-15(13-6-4-3-5-7-13)17(22)21-18-20-16(12-23-18)14-8-10-19-11-9-14/h3-12,15H,2H2,1H3,(H,20,21,22). The Bertz CT molecular complexity index is 771. The molecule has 23 heavy (non-hydrogen) atoms. The van der Waals surface area contributed by atoms with Crippen LogP contribution in [0.25, 0.3) is 11.3 Å². The summed E-state index contributed by atoms with van der Waals surface area (Å²) >= 11 is 1.43. The Kier molecular flexibility index (Phi) is 4.78. The molecule has 2 heterocycles. The number of carbonyl (C=O) groups is 1. The number of thiazole rings is 1. The summed E-state index contributed by atoms with van der Waals surface area (Å²) in [7, 11) is 0. The zero-order valence-electron chi connectivity index (χ0n) is 12.8. The van der Waals surface area contributed by atoms with Crippen molar-refractivity contribution in [1.29, 1.82) is 0 Å². The van der Waals surface area contributed by atoms with Crippen molar-refractivity contribution in [2.75, 3.05) is 5.32 Å². The summed E-state index contributed by atoms with van der Waals surface area (Å²) in [6.45, 7) is 2.02. The highest BCUT2D eigenvalue weighted by atomic mass is 32.1. The van der Waals surface area contributed by atoms with Gasteiger partial charge >= 0.3 is 0 Å². The van der Waals surface area contributed by atoms with Gasteiger partial charge in [-0.15, -0.1) is 11.3 Å². The van der Waals surface area contributed by atoms with Crippen molar-refractivity contribution in [2.45, 2.75) is 19.3 Å². The highest BCUT2D eigenvalue weighted by molar-refractivity contribution is 7.14. The molecule has 0 saturated carbocycles. The van der Waals surface area contributed by atoms with Gasteiger partial charge in [0.2, 0.25) is 5.91 Å². The summed E-state index contributed by atoms with van der Waals surface area (Å²) in [5.74, 6) is -0.182. The van der Waals surface area contributed by atoms with E-state index < -0.39 is 0 Å². The van der Waals surface area contributed by atoms with Crippen LogP contribution >= 0.6 is 11.3 Å². The molecular weight excluding hydrogens is 306 g/mol. The van der Waals surface area contributed by atoms with Crippen molar-refractivity contribution in [2.24, 2.45) is 0 Å². The molecule has 0 spiro atoms. The molecular formula is C18H17N3OS. The SMILES string of the molecule is CCC(C(=O)Nc1nc(-c2ccncc2)cs1)c1ccccc1. The monoisotopic (exact) mass is 323 g/mol. The van der Waals surface area contributed by atoms with E-state index in [1.165, 1.54) is 11.3 Å². The minimum Gasteiger partial charge on any atom is -0.301 e. The molecule has 0 radical (unpaired) electrons. The summed E-state index contributed by atoms with van der Waals surface area (Å²) in [4.78, 5) is 21.0. The second-order valence-corrected chi connectivity index (χ2v) is 5.99. The number of rotatable bonds is 5. The van der Waals surface area contributed by atoms with Crippen LogP contribution in [0.15, 0.2) is 60.2 Å². The smallest absolute Gasteiger partial charge is 0.233 e. The van der Waals surface area contributed by atoms with Gasteiger partial charge in [-0.05, 0) is 24.1 Å². The summed E-state index contributed by atoms with van der Waals surface area (Å²) in [5.41, 5.74) is 2.87. The van der Waals surface area contributed by atoms with Crippen LogP contribution in [-0.4, -0.2) is 15.9 Å². The van der Waals surface area contributed by atoms with Crippen LogP contribution in [0.5, 0.6) is 0 Å². The molecule has 0 bridgehead atoms. The van der Waals surface area contributed by atoms with Gasteiger partial charge in [-0.25, -0.2) is 4.98 Å². The normalized spacial score (nSPS) is 11.9. The van der Waals surface area contributed by atoms with Gasteiger partial charge in [-0.3, -0.25) is 9.78 Å². The molecule has 1 amide bonds. The minimum atomic E-state index is -0.163. The highest BCUT2D eigenvalue weighted by Crippen LogP contribution is 2.26. The molecule has 0 aliphatic heterocycles. The number of anilines is 1. The minimum absolute atomic E-state index is 0.0191. The highest BCUT2D eigenvalue weighted by Gasteiger charge is 2.19. The van der Waals surface area contributed by atoms with Crippen LogP contribution in [0, 0.1) is 0 Å². The van der Waals surface area contributed by atoms with Crippen LogP contribution in [0.1, 0.15) is 24.8 Å². The summed E-state index contributed by atoms with van der Waals surface area (Å²) < 4.78 is 0. The molecule has 3 rings (SSSR count). The van der Waals surface area contributed by atoms with Crippen LogP contribution in [0.4, 0.5) is 5.13 Å². The Morgan fingerprint density at radius 1 is 1.17 bits per heavy atom. The molecule has 0 saturated heterocycles. The molecule has 1 atom stereocenters. The number of nitrogens with zero attached hydrogens (tertiary/aromatic N) is 2. The van der Waals surface area contributed by atoms with Gasteiger partial charge < -0.3 is 5.32 Å². The predicted octanol–water partition coefficient (Wildman–Crippen LogP) is 4.34. The number of pyridine rings is 1. The third-order valence-electron chi connectivity index (χ3n) is 3.64. The van der Waals surface area contributed by atoms with E-state index in [2.05, 4.69) is 15.3 Å². The topological polar surface area (TPSA) is 54.9 Å². The molecule has 5 heteroatoms.